The second-order valence-electron chi connectivity index (χ2n) is 3.67. The molecule has 96 valence electrons. The zero-order valence-corrected chi connectivity index (χ0v) is 11.4. The molecule has 0 aliphatic carbocycles. The number of rotatable bonds is 5. The molecule has 2 rings (SSSR count). The highest BCUT2D eigenvalue weighted by Gasteiger charge is 2.12. The number of fused-ring (bicyclic) bond motifs is 1. The average Bonchev–Trinajstić information content (AvgIpc) is 2.79. The van der Waals surface area contributed by atoms with E-state index in [1.54, 1.807) is 10.6 Å². The zero-order chi connectivity index (χ0) is 13.1. The second kappa shape index (κ2) is 5.53. The van der Waals surface area contributed by atoms with Crippen molar-refractivity contribution < 1.29 is 9.90 Å². The molecule has 5 nitrogen and oxygen atoms in total. The molecule has 18 heavy (non-hydrogen) atoms. The van der Waals surface area contributed by atoms with Gasteiger partial charge in [0.05, 0.1) is 11.1 Å². The Bertz CT molecular complexity index is 633. The number of nitrogens with zero attached hydrogens (tertiary/aromatic N) is 2. The van der Waals surface area contributed by atoms with Crippen LogP contribution in [-0.2, 0) is 11.3 Å². The highest BCUT2D eigenvalue weighted by molar-refractivity contribution is 7.99. The maximum absolute atomic E-state index is 12.2. The lowest BCUT2D eigenvalue weighted by Gasteiger charge is -2.09. The van der Waals surface area contributed by atoms with E-state index >= 15 is 0 Å². The Morgan fingerprint density at radius 1 is 1.61 bits per heavy atom. The summed E-state index contributed by atoms with van der Waals surface area (Å²) in [6, 6.07) is 1.76. The summed E-state index contributed by atoms with van der Waals surface area (Å²) in [5.41, 5.74) is -0.0870. The summed E-state index contributed by atoms with van der Waals surface area (Å²) in [4.78, 5) is 27.9. The van der Waals surface area contributed by atoms with Crippen molar-refractivity contribution in [3.63, 3.8) is 0 Å². The van der Waals surface area contributed by atoms with Crippen LogP contribution in [0.5, 0.6) is 0 Å². The third-order valence-electron chi connectivity index (χ3n) is 2.32. The fourth-order valence-electron chi connectivity index (χ4n) is 1.59. The molecule has 2 aromatic rings. The predicted molar refractivity (Wildman–Crippen MR) is 72.5 cm³/mol. The van der Waals surface area contributed by atoms with E-state index in [2.05, 4.69) is 4.98 Å². The first-order valence-electron chi connectivity index (χ1n) is 5.46. The Morgan fingerprint density at radius 2 is 2.39 bits per heavy atom. The van der Waals surface area contributed by atoms with Crippen LogP contribution >= 0.6 is 23.1 Å². The molecule has 0 amide bonds. The first-order valence-corrected chi connectivity index (χ1v) is 7.32. The van der Waals surface area contributed by atoms with E-state index in [0.29, 0.717) is 21.9 Å². The van der Waals surface area contributed by atoms with Crippen LogP contribution in [0.15, 0.2) is 21.4 Å². The molecule has 0 atom stereocenters. The number of thioether (sulfide) groups is 1. The molecule has 0 unspecified atom stereocenters. The van der Waals surface area contributed by atoms with Crippen molar-refractivity contribution in [2.24, 2.45) is 0 Å². The maximum atomic E-state index is 12.2. The van der Waals surface area contributed by atoms with Crippen LogP contribution in [0, 0.1) is 0 Å². The SMILES string of the molecule is CCCn1c(SCC(=O)O)nc2sccc2c1=O. The van der Waals surface area contributed by atoms with Crippen LogP contribution in [0.4, 0.5) is 0 Å². The minimum Gasteiger partial charge on any atom is -0.481 e. The molecule has 0 radical (unpaired) electrons. The molecule has 2 aromatic heterocycles. The van der Waals surface area contributed by atoms with Crippen molar-refractivity contribution in [2.45, 2.75) is 25.0 Å². The van der Waals surface area contributed by atoms with E-state index in [1.807, 2.05) is 12.3 Å². The van der Waals surface area contributed by atoms with Crippen LogP contribution in [0.2, 0.25) is 0 Å². The average molecular weight is 284 g/mol. The summed E-state index contributed by atoms with van der Waals surface area (Å²) in [5, 5.41) is 11.6. The van der Waals surface area contributed by atoms with Crippen LogP contribution < -0.4 is 5.56 Å². The molecule has 0 aliphatic rings. The van der Waals surface area contributed by atoms with Crippen molar-refractivity contribution in [3.05, 3.63) is 21.8 Å². The van der Waals surface area contributed by atoms with Gasteiger partial charge in [0, 0.05) is 6.54 Å². The molecule has 1 N–H and O–H groups in total. The van der Waals surface area contributed by atoms with Crippen LogP contribution in [0.25, 0.3) is 10.2 Å². The van der Waals surface area contributed by atoms with Crippen LogP contribution in [0.1, 0.15) is 13.3 Å². The lowest BCUT2D eigenvalue weighted by molar-refractivity contribution is -0.133. The topological polar surface area (TPSA) is 72.2 Å². The highest BCUT2D eigenvalue weighted by Crippen LogP contribution is 2.21. The molecular formula is C11H12N2O3S2. The van der Waals surface area contributed by atoms with Gasteiger partial charge in [0.15, 0.2) is 5.16 Å². The van der Waals surface area contributed by atoms with Gasteiger partial charge in [-0.3, -0.25) is 14.2 Å². The quantitative estimate of drug-likeness (QED) is 0.672. The lowest BCUT2D eigenvalue weighted by atomic mass is 10.4. The third-order valence-corrected chi connectivity index (χ3v) is 4.09. The Hall–Kier alpha value is -1.34. The van der Waals surface area contributed by atoms with Crippen molar-refractivity contribution in [1.82, 2.24) is 9.55 Å². The first kappa shape index (κ1) is 13.1. The maximum Gasteiger partial charge on any atom is 0.313 e. The van der Waals surface area contributed by atoms with Gasteiger partial charge in [-0.2, -0.15) is 0 Å². The molecule has 7 heteroatoms. The fraction of sp³-hybridized carbons (Fsp3) is 0.364. The number of hydrogen-bond donors (Lipinski definition) is 1. The van der Waals surface area contributed by atoms with E-state index in [-0.39, 0.29) is 11.3 Å². The van der Waals surface area contributed by atoms with Gasteiger partial charge < -0.3 is 5.11 Å². The summed E-state index contributed by atoms with van der Waals surface area (Å²) in [7, 11) is 0. The largest absolute Gasteiger partial charge is 0.481 e. The van der Waals surface area contributed by atoms with E-state index in [1.165, 1.54) is 11.3 Å². The number of aromatic nitrogens is 2. The smallest absolute Gasteiger partial charge is 0.313 e. The molecule has 0 aliphatic heterocycles. The van der Waals surface area contributed by atoms with Gasteiger partial charge in [-0.25, -0.2) is 4.98 Å². The van der Waals surface area contributed by atoms with Crippen molar-refractivity contribution in [3.8, 4) is 0 Å². The van der Waals surface area contributed by atoms with E-state index in [9.17, 15) is 9.59 Å². The summed E-state index contributed by atoms with van der Waals surface area (Å²) in [6.07, 6.45) is 0.803. The minimum atomic E-state index is -0.913. The lowest BCUT2D eigenvalue weighted by Crippen LogP contribution is -2.23. The fourth-order valence-corrected chi connectivity index (χ4v) is 3.14. The number of hydrogen-bond acceptors (Lipinski definition) is 5. The van der Waals surface area contributed by atoms with Gasteiger partial charge in [-0.15, -0.1) is 11.3 Å². The summed E-state index contributed by atoms with van der Waals surface area (Å²) in [5.74, 6) is -1.00. The monoisotopic (exact) mass is 284 g/mol. The second-order valence-corrected chi connectivity index (χ2v) is 5.51. The standard InChI is InChI=1S/C11H12N2O3S2/c1-2-4-13-10(16)7-3-5-17-9(7)12-11(13)18-6-8(14)15/h3,5H,2,4,6H2,1H3,(H,14,15). The third kappa shape index (κ3) is 2.56. The summed E-state index contributed by atoms with van der Waals surface area (Å²) < 4.78 is 1.56. The predicted octanol–water partition coefficient (Wildman–Crippen LogP) is 2.04. The van der Waals surface area contributed by atoms with Gasteiger partial charge in [0.2, 0.25) is 0 Å². The van der Waals surface area contributed by atoms with Gasteiger partial charge in [0.25, 0.3) is 5.56 Å². The van der Waals surface area contributed by atoms with E-state index in [4.69, 9.17) is 5.11 Å². The number of carboxylic acids is 1. The Morgan fingerprint density at radius 3 is 3.06 bits per heavy atom. The van der Waals surface area contributed by atoms with Crippen molar-refractivity contribution in [2.75, 3.05) is 5.75 Å². The van der Waals surface area contributed by atoms with E-state index < -0.39 is 5.97 Å². The molecule has 0 spiro atoms. The van der Waals surface area contributed by atoms with Gasteiger partial charge in [-0.05, 0) is 17.9 Å². The summed E-state index contributed by atoms with van der Waals surface area (Å²) in [6.45, 7) is 2.52. The number of thiophene rings is 1. The molecule has 0 aromatic carbocycles. The van der Waals surface area contributed by atoms with Gasteiger partial charge >= 0.3 is 5.97 Å². The molecule has 0 fully saturated rings. The number of carboxylic acid groups (broad SMARTS) is 1. The molecular weight excluding hydrogens is 272 g/mol. The minimum absolute atomic E-state index is 0.0870. The molecule has 0 saturated heterocycles. The Kier molecular flexibility index (Phi) is 4.03. The van der Waals surface area contributed by atoms with E-state index in [0.717, 1.165) is 18.2 Å². The zero-order valence-electron chi connectivity index (χ0n) is 9.75. The molecule has 2 heterocycles. The van der Waals surface area contributed by atoms with Crippen molar-refractivity contribution >= 4 is 39.3 Å². The number of aliphatic carboxylic acids is 1. The van der Waals surface area contributed by atoms with Gasteiger partial charge in [0.1, 0.15) is 4.83 Å². The Labute approximate surface area is 111 Å². The molecule has 0 saturated carbocycles. The number of carbonyl (C=O) groups is 1. The van der Waals surface area contributed by atoms with Crippen LogP contribution in [0.3, 0.4) is 0 Å². The Balaban J connectivity index is 2.50. The summed E-state index contributed by atoms with van der Waals surface area (Å²) >= 11 is 2.48. The normalized spacial score (nSPS) is 10.9. The van der Waals surface area contributed by atoms with Crippen LogP contribution in [-0.4, -0.2) is 26.4 Å². The first-order chi connectivity index (χ1) is 8.63. The highest BCUT2D eigenvalue weighted by atomic mass is 32.2. The molecule has 0 bridgehead atoms. The van der Waals surface area contributed by atoms with Crippen molar-refractivity contribution in [1.29, 1.82) is 0 Å². The van der Waals surface area contributed by atoms with Gasteiger partial charge in [-0.1, -0.05) is 18.7 Å².